The fraction of sp³-hybridized carbons (Fsp3) is 0.333. The van der Waals surface area contributed by atoms with Gasteiger partial charge in [0.05, 0.1) is 0 Å². The number of rotatable bonds is 5. The van der Waals surface area contributed by atoms with Crippen molar-refractivity contribution in [1.29, 1.82) is 0 Å². The van der Waals surface area contributed by atoms with Crippen LogP contribution >= 0.6 is 0 Å². The van der Waals surface area contributed by atoms with E-state index in [9.17, 15) is 0 Å². The third-order valence-corrected chi connectivity index (χ3v) is 4.73. The number of hydrogen-bond donors (Lipinski definition) is 0. The summed E-state index contributed by atoms with van der Waals surface area (Å²) in [7, 11) is 0. The van der Waals surface area contributed by atoms with E-state index in [1.54, 1.807) is 22.3 Å². The van der Waals surface area contributed by atoms with Crippen molar-refractivity contribution in [1.82, 2.24) is 0 Å². The van der Waals surface area contributed by atoms with Gasteiger partial charge in [-0.2, -0.15) is 29.3 Å². The van der Waals surface area contributed by atoms with E-state index in [2.05, 4.69) is 58.0 Å². The summed E-state index contributed by atoms with van der Waals surface area (Å²) < 4.78 is 0. The van der Waals surface area contributed by atoms with Gasteiger partial charge in [0.1, 0.15) is 0 Å². The average Bonchev–Trinajstić information content (AvgIpc) is 3.30. The first-order valence-corrected chi connectivity index (χ1v) is 9.32. The molecule has 0 spiro atoms. The fourth-order valence-electron chi connectivity index (χ4n) is 3.76. The molecule has 0 saturated carbocycles. The van der Waals surface area contributed by atoms with Crippen LogP contribution in [-0.2, 0) is 51.9 Å². The summed E-state index contributed by atoms with van der Waals surface area (Å²) in [6.45, 7) is 9.17. The zero-order chi connectivity index (χ0) is 17.4. The van der Waals surface area contributed by atoms with Crippen LogP contribution in [0, 0.1) is 0 Å². The molecule has 0 fully saturated rings. The standard InChI is InChI=1S/C19H25.C5H5.2ClH.Zr/c1-5-15-16(6-2)18(8-4)19(17(15)7-3)14-12-10-9-11-13-14;1-2-4-5-3-1;;;/h9-13H,5-8H2,1-4H3;1-5H;2*1H;/q2*-1;;;+4/p-2. The molecule has 3 heteroatoms. The molecule has 0 amide bonds. The van der Waals surface area contributed by atoms with Gasteiger partial charge in [-0.25, -0.2) is 12.1 Å². The number of halogens is 2. The van der Waals surface area contributed by atoms with Crippen LogP contribution in [-0.4, -0.2) is 0 Å². The normalized spacial score (nSPS) is 9.19. The van der Waals surface area contributed by atoms with Crippen molar-refractivity contribution in [3.05, 3.63) is 82.9 Å². The van der Waals surface area contributed by atoms with Crippen molar-refractivity contribution in [3.8, 4) is 11.1 Å². The number of benzene rings is 1. The molecule has 0 aliphatic rings. The molecule has 144 valence electrons. The Hall–Kier alpha value is -0.617. The molecular weight excluding hydrogens is 450 g/mol. The second kappa shape index (κ2) is 15.3. The van der Waals surface area contributed by atoms with E-state index in [-0.39, 0.29) is 51.0 Å². The summed E-state index contributed by atoms with van der Waals surface area (Å²) in [6.07, 6.45) is 4.60. The molecule has 0 heterocycles. The Morgan fingerprint density at radius 1 is 0.741 bits per heavy atom. The van der Waals surface area contributed by atoms with E-state index in [4.69, 9.17) is 0 Å². The topological polar surface area (TPSA) is 0 Å². The Morgan fingerprint density at radius 3 is 1.67 bits per heavy atom. The zero-order valence-electron chi connectivity index (χ0n) is 16.9. The van der Waals surface area contributed by atoms with Crippen LogP contribution in [0.25, 0.3) is 11.1 Å². The van der Waals surface area contributed by atoms with Gasteiger partial charge in [0, 0.05) is 0 Å². The van der Waals surface area contributed by atoms with Gasteiger partial charge in [-0.1, -0.05) is 82.9 Å². The average molecular weight is 481 g/mol. The Kier molecular flexibility index (Phi) is 16.2. The summed E-state index contributed by atoms with van der Waals surface area (Å²) in [5, 5.41) is 0. The quantitative estimate of drug-likeness (QED) is 0.473. The van der Waals surface area contributed by atoms with Gasteiger partial charge >= 0.3 is 26.2 Å². The smallest absolute Gasteiger partial charge is 1.00 e. The van der Waals surface area contributed by atoms with E-state index in [0.29, 0.717) is 0 Å². The summed E-state index contributed by atoms with van der Waals surface area (Å²) in [6, 6.07) is 20.9. The molecule has 0 unspecified atom stereocenters. The molecule has 0 bridgehead atoms. The molecular formula is C24H30Cl2Zr. The van der Waals surface area contributed by atoms with Crippen molar-refractivity contribution in [2.45, 2.75) is 53.4 Å². The SMILES string of the molecule is CCc1c(CC)c(-c2ccccc2)[c-](CC)c1CC.[Cl-].[Cl-].[Zr+4].c1cc[cH-]c1. The van der Waals surface area contributed by atoms with Gasteiger partial charge in [0.2, 0.25) is 0 Å². The Bertz CT molecular complexity index is 666. The Morgan fingerprint density at radius 2 is 1.30 bits per heavy atom. The van der Waals surface area contributed by atoms with E-state index >= 15 is 0 Å². The van der Waals surface area contributed by atoms with Crippen molar-refractivity contribution in [2.75, 3.05) is 0 Å². The van der Waals surface area contributed by atoms with Gasteiger partial charge in [-0.3, -0.25) is 0 Å². The van der Waals surface area contributed by atoms with Crippen LogP contribution in [0.15, 0.2) is 60.7 Å². The minimum absolute atomic E-state index is 0. The number of hydrogen-bond acceptors (Lipinski definition) is 0. The second-order valence-electron chi connectivity index (χ2n) is 6.03. The molecule has 3 rings (SSSR count). The first kappa shape index (κ1) is 28.6. The zero-order valence-corrected chi connectivity index (χ0v) is 20.8. The largest absolute Gasteiger partial charge is 4.00 e. The van der Waals surface area contributed by atoms with E-state index in [1.807, 2.05) is 30.3 Å². The van der Waals surface area contributed by atoms with Crippen molar-refractivity contribution in [3.63, 3.8) is 0 Å². The summed E-state index contributed by atoms with van der Waals surface area (Å²) in [4.78, 5) is 0. The van der Waals surface area contributed by atoms with Crippen LogP contribution in [0.3, 0.4) is 0 Å². The van der Waals surface area contributed by atoms with Crippen LogP contribution in [0.5, 0.6) is 0 Å². The molecule has 27 heavy (non-hydrogen) atoms. The maximum atomic E-state index is 2.29. The van der Waals surface area contributed by atoms with Crippen molar-refractivity contribution in [2.24, 2.45) is 0 Å². The molecule has 0 aliphatic heterocycles. The third kappa shape index (κ3) is 7.05. The monoisotopic (exact) mass is 478 g/mol. The molecule has 0 radical (unpaired) electrons. The molecule has 0 nitrogen and oxygen atoms in total. The molecule has 0 aliphatic carbocycles. The van der Waals surface area contributed by atoms with Crippen LogP contribution in [0.4, 0.5) is 0 Å². The van der Waals surface area contributed by atoms with Gasteiger partial charge in [-0.15, -0.1) is 16.7 Å². The van der Waals surface area contributed by atoms with E-state index in [0.717, 1.165) is 25.7 Å². The van der Waals surface area contributed by atoms with Gasteiger partial charge in [0.25, 0.3) is 0 Å². The van der Waals surface area contributed by atoms with Crippen molar-refractivity contribution < 1.29 is 51.0 Å². The first-order chi connectivity index (χ1) is 11.8. The minimum Gasteiger partial charge on any atom is -1.00 e. The van der Waals surface area contributed by atoms with Crippen LogP contribution < -0.4 is 24.8 Å². The summed E-state index contributed by atoms with van der Waals surface area (Å²) in [5.74, 6) is 0. The maximum absolute atomic E-state index is 2.29. The fourth-order valence-corrected chi connectivity index (χ4v) is 3.76. The summed E-state index contributed by atoms with van der Waals surface area (Å²) >= 11 is 0. The van der Waals surface area contributed by atoms with E-state index < -0.39 is 0 Å². The Balaban J connectivity index is 0. The molecule has 0 saturated heterocycles. The predicted octanol–water partition coefficient (Wildman–Crippen LogP) is 0.733. The molecule has 0 atom stereocenters. The predicted molar refractivity (Wildman–Crippen MR) is 107 cm³/mol. The molecule has 0 aromatic heterocycles. The third-order valence-electron chi connectivity index (χ3n) is 4.73. The van der Waals surface area contributed by atoms with Gasteiger partial charge < -0.3 is 24.8 Å². The minimum atomic E-state index is 0. The van der Waals surface area contributed by atoms with E-state index in [1.165, 1.54) is 11.1 Å². The molecule has 3 aromatic rings. The molecule has 0 N–H and O–H groups in total. The van der Waals surface area contributed by atoms with Crippen LogP contribution in [0.1, 0.15) is 49.9 Å². The van der Waals surface area contributed by atoms with Crippen LogP contribution in [0.2, 0.25) is 0 Å². The van der Waals surface area contributed by atoms with Gasteiger partial charge in [-0.05, 0) is 6.42 Å². The summed E-state index contributed by atoms with van der Waals surface area (Å²) in [5.41, 5.74) is 9.32. The Labute approximate surface area is 197 Å². The first-order valence-electron chi connectivity index (χ1n) is 9.32. The van der Waals surface area contributed by atoms with Crippen molar-refractivity contribution >= 4 is 0 Å². The molecule has 3 aromatic carbocycles. The maximum Gasteiger partial charge on any atom is 4.00 e. The van der Waals surface area contributed by atoms with Gasteiger partial charge in [0.15, 0.2) is 0 Å². The second-order valence-corrected chi connectivity index (χ2v) is 6.03.